The average Bonchev–Trinajstić information content (AvgIpc) is 3.29. The summed E-state index contributed by atoms with van der Waals surface area (Å²) in [5.74, 6) is -2.15. The number of alkyl halides is 1. The molecule has 3 heterocycles. The van der Waals surface area contributed by atoms with E-state index >= 15 is 0 Å². The van der Waals surface area contributed by atoms with Gasteiger partial charge in [0.25, 0.3) is 0 Å². The number of carbonyl (C=O) groups is 1. The maximum Gasteiger partial charge on any atom is 0.249 e. The van der Waals surface area contributed by atoms with Gasteiger partial charge in [-0.25, -0.2) is 23.2 Å². The van der Waals surface area contributed by atoms with Gasteiger partial charge in [0.1, 0.15) is 23.6 Å². The Balaban J connectivity index is 1.48. The standard InChI is InChI=1S/C18H18F3N5OS/c1-10-23-18(28-24-10)25-5-3-14(15(21)9-25)17(27)26-16(2-4-22-26)11-6-12(19)8-13(20)7-11/h4,6-8,14-16H,2-3,5,9H2,1H3/t14-,15+,16-/m0/s1. The summed E-state index contributed by atoms with van der Waals surface area (Å²) >= 11 is 1.20. The van der Waals surface area contributed by atoms with E-state index in [-0.39, 0.29) is 6.54 Å². The highest BCUT2D eigenvalue weighted by Crippen LogP contribution is 2.34. The van der Waals surface area contributed by atoms with E-state index in [0.29, 0.717) is 35.9 Å². The lowest BCUT2D eigenvalue weighted by molar-refractivity contribution is -0.140. The van der Waals surface area contributed by atoms with Crippen molar-refractivity contribution in [2.45, 2.75) is 32.0 Å². The van der Waals surface area contributed by atoms with Crippen LogP contribution in [-0.2, 0) is 4.79 Å². The first-order valence-electron chi connectivity index (χ1n) is 8.93. The number of piperidine rings is 1. The molecule has 0 spiro atoms. The molecule has 1 aromatic heterocycles. The number of aryl methyl sites for hydroxylation is 1. The molecule has 1 fully saturated rings. The molecule has 3 atom stereocenters. The molecule has 1 aromatic carbocycles. The van der Waals surface area contributed by atoms with E-state index in [1.54, 1.807) is 11.8 Å². The molecule has 28 heavy (non-hydrogen) atoms. The Hall–Kier alpha value is -2.49. The molecule has 2 aromatic rings. The number of hydrazone groups is 1. The smallest absolute Gasteiger partial charge is 0.249 e. The van der Waals surface area contributed by atoms with Crippen LogP contribution in [0.15, 0.2) is 23.3 Å². The SMILES string of the molecule is Cc1nsc(N2CC[C@H](C(=O)N3N=CC[C@H]3c3cc(F)cc(F)c3)[C@H](F)C2)n1. The van der Waals surface area contributed by atoms with Crippen LogP contribution in [0.3, 0.4) is 0 Å². The third-order valence-corrected chi connectivity index (χ3v) is 5.84. The molecule has 1 amide bonds. The molecule has 2 aliphatic heterocycles. The number of nitrogens with zero attached hydrogens (tertiary/aromatic N) is 5. The number of rotatable bonds is 3. The summed E-state index contributed by atoms with van der Waals surface area (Å²) in [7, 11) is 0. The highest BCUT2D eigenvalue weighted by Gasteiger charge is 2.40. The summed E-state index contributed by atoms with van der Waals surface area (Å²) in [5, 5.41) is 5.86. The summed E-state index contributed by atoms with van der Waals surface area (Å²) in [6.07, 6.45) is 0.743. The minimum Gasteiger partial charge on any atom is -0.344 e. The summed E-state index contributed by atoms with van der Waals surface area (Å²) < 4.78 is 46.1. The second-order valence-electron chi connectivity index (χ2n) is 6.92. The average molecular weight is 409 g/mol. The molecular formula is C18H18F3N5OS. The third kappa shape index (κ3) is 3.60. The molecule has 148 valence electrons. The van der Waals surface area contributed by atoms with Gasteiger partial charge in [0.05, 0.1) is 18.5 Å². The maximum atomic E-state index is 14.8. The Bertz CT molecular complexity index is 900. The van der Waals surface area contributed by atoms with Gasteiger partial charge in [0.15, 0.2) is 0 Å². The number of anilines is 1. The molecule has 0 aliphatic carbocycles. The number of halogens is 3. The van der Waals surface area contributed by atoms with Crippen LogP contribution < -0.4 is 4.90 Å². The lowest BCUT2D eigenvalue weighted by Gasteiger charge is -2.35. The highest BCUT2D eigenvalue weighted by molar-refractivity contribution is 7.09. The topological polar surface area (TPSA) is 61.7 Å². The van der Waals surface area contributed by atoms with Crippen LogP contribution in [-0.4, -0.2) is 45.7 Å². The van der Waals surface area contributed by atoms with Gasteiger partial charge in [-0.05, 0) is 31.0 Å². The largest absolute Gasteiger partial charge is 0.344 e. The number of benzene rings is 1. The van der Waals surface area contributed by atoms with Crippen molar-refractivity contribution in [1.82, 2.24) is 14.4 Å². The van der Waals surface area contributed by atoms with Crippen LogP contribution in [0.4, 0.5) is 18.3 Å². The molecule has 4 rings (SSSR count). The van der Waals surface area contributed by atoms with E-state index < -0.39 is 35.7 Å². The molecule has 1 saturated heterocycles. The Labute approximate surface area is 163 Å². The minimum absolute atomic E-state index is 0.0435. The van der Waals surface area contributed by atoms with Gasteiger partial charge in [-0.15, -0.1) is 0 Å². The summed E-state index contributed by atoms with van der Waals surface area (Å²) in [5.41, 5.74) is 0.306. The molecule has 10 heteroatoms. The molecule has 0 unspecified atom stereocenters. The normalized spacial score (nSPS) is 24.8. The number of aromatic nitrogens is 2. The van der Waals surface area contributed by atoms with Crippen molar-refractivity contribution in [3.8, 4) is 0 Å². The van der Waals surface area contributed by atoms with E-state index in [2.05, 4.69) is 14.5 Å². The Kier molecular flexibility index (Phi) is 5.05. The summed E-state index contributed by atoms with van der Waals surface area (Å²) in [4.78, 5) is 19.0. The molecule has 0 bridgehead atoms. The first-order chi connectivity index (χ1) is 13.4. The van der Waals surface area contributed by atoms with Crippen molar-refractivity contribution in [2.24, 2.45) is 11.0 Å². The van der Waals surface area contributed by atoms with Gasteiger partial charge in [-0.1, -0.05) is 0 Å². The Morgan fingerprint density at radius 1 is 1.25 bits per heavy atom. The predicted octanol–water partition coefficient (Wildman–Crippen LogP) is 3.25. The Morgan fingerprint density at radius 2 is 2.00 bits per heavy atom. The second-order valence-corrected chi connectivity index (χ2v) is 7.65. The molecule has 0 radical (unpaired) electrons. The fourth-order valence-electron chi connectivity index (χ4n) is 3.61. The van der Waals surface area contributed by atoms with E-state index in [0.717, 1.165) is 11.1 Å². The van der Waals surface area contributed by atoms with Crippen LogP contribution >= 0.6 is 11.5 Å². The van der Waals surface area contributed by atoms with E-state index in [9.17, 15) is 18.0 Å². The van der Waals surface area contributed by atoms with Gasteiger partial charge in [0, 0.05) is 36.8 Å². The predicted molar refractivity (Wildman–Crippen MR) is 98.9 cm³/mol. The van der Waals surface area contributed by atoms with Gasteiger partial charge in [-0.3, -0.25) is 4.79 Å². The van der Waals surface area contributed by atoms with Gasteiger partial charge in [-0.2, -0.15) is 9.47 Å². The lowest BCUT2D eigenvalue weighted by atomic mass is 9.93. The summed E-state index contributed by atoms with van der Waals surface area (Å²) in [6.45, 7) is 2.29. The minimum atomic E-state index is -1.40. The highest BCUT2D eigenvalue weighted by atomic mass is 32.1. The number of carbonyl (C=O) groups excluding carboxylic acids is 1. The van der Waals surface area contributed by atoms with Crippen LogP contribution in [0.5, 0.6) is 0 Å². The van der Waals surface area contributed by atoms with E-state index in [1.807, 2.05) is 0 Å². The monoisotopic (exact) mass is 409 g/mol. The number of hydrogen-bond donors (Lipinski definition) is 0. The number of amides is 1. The quantitative estimate of drug-likeness (QED) is 0.781. The van der Waals surface area contributed by atoms with Crippen LogP contribution in [0, 0.1) is 24.5 Å². The van der Waals surface area contributed by atoms with Crippen LogP contribution in [0.2, 0.25) is 0 Å². The number of hydrogen-bond acceptors (Lipinski definition) is 6. The van der Waals surface area contributed by atoms with Gasteiger partial charge >= 0.3 is 0 Å². The molecule has 6 nitrogen and oxygen atoms in total. The Morgan fingerprint density at radius 3 is 2.64 bits per heavy atom. The zero-order valence-corrected chi connectivity index (χ0v) is 15.9. The fourth-order valence-corrected chi connectivity index (χ4v) is 4.32. The zero-order valence-electron chi connectivity index (χ0n) is 15.1. The molecule has 2 aliphatic rings. The second kappa shape index (κ2) is 7.50. The fraction of sp³-hybridized carbons (Fsp3) is 0.444. The lowest BCUT2D eigenvalue weighted by Crippen LogP contribution is -2.48. The van der Waals surface area contributed by atoms with Crippen LogP contribution in [0.25, 0.3) is 0 Å². The van der Waals surface area contributed by atoms with Crippen molar-refractivity contribution >= 4 is 28.8 Å². The third-order valence-electron chi connectivity index (χ3n) is 4.97. The van der Waals surface area contributed by atoms with Crippen molar-refractivity contribution in [2.75, 3.05) is 18.0 Å². The first kappa shape index (κ1) is 18.9. The zero-order chi connectivity index (χ0) is 19.8. The van der Waals surface area contributed by atoms with Crippen molar-refractivity contribution < 1.29 is 18.0 Å². The van der Waals surface area contributed by atoms with Gasteiger partial charge in [0.2, 0.25) is 11.0 Å². The van der Waals surface area contributed by atoms with E-state index in [4.69, 9.17) is 0 Å². The molecule has 0 saturated carbocycles. The molecular weight excluding hydrogens is 391 g/mol. The first-order valence-corrected chi connectivity index (χ1v) is 9.70. The van der Waals surface area contributed by atoms with Crippen molar-refractivity contribution in [3.05, 3.63) is 41.2 Å². The molecule has 0 N–H and O–H groups in total. The van der Waals surface area contributed by atoms with Crippen molar-refractivity contribution in [3.63, 3.8) is 0 Å². The van der Waals surface area contributed by atoms with Gasteiger partial charge < -0.3 is 4.90 Å². The summed E-state index contributed by atoms with van der Waals surface area (Å²) in [6, 6.07) is 2.49. The maximum absolute atomic E-state index is 14.8. The van der Waals surface area contributed by atoms with E-state index in [1.165, 1.54) is 29.9 Å². The van der Waals surface area contributed by atoms with Crippen LogP contribution in [0.1, 0.15) is 30.3 Å². The van der Waals surface area contributed by atoms with Crippen molar-refractivity contribution in [1.29, 1.82) is 0 Å².